The molecule has 2 rings (SSSR count). The van der Waals surface area contributed by atoms with E-state index >= 15 is 0 Å². The third-order valence-corrected chi connectivity index (χ3v) is 5.86. The Morgan fingerprint density at radius 1 is 1.42 bits per heavy atom. The van der Waals surface area contributed by atoms with E-state index in [-0.39, 0.29) is 11.1 Å². The van der Waals surface area contributed by atoms with Gasteiger partial charge in [-0.3, -0.25) is 0 Å². The molecule has 0 aromatic carbocycles. The summed E-state index contributed by atoms with van der Waals surface area (Å²) in [5.41, 5.74) is 0. The van der Waals surface area contributed by atoms with Crippen LogP contribution >= 0.6 is 15.9 Å². The molecule has 1 N–H and O–H groups in total. The minimum Gasteiger partial charge on any atom is -0.334 e. The van der Waals surface area contributed by atoms with Crippen LogP contribution in [0.1, 0.15) is 38.4 Å². The van der Waals surface area contributed by atoms with E-state index in [4.69, 9.17) is 0 Å². The molecule has 0 spiro atoms. The van der Waals surface area contributed by atoms with Crippen LogP contribution in [0.2, 0.25) is 0 Å². The van der Waals surface area contributed by atoms with Crippen molar-refractivity contribution in [3.63, 3.8) is 0 Å². The van der Waals surface area contributed by atoms with Gasteiger partial charge in [-0.25, -0.2) is 18.1 Å². The molecule has 19 heavy (non-hydrogen) atoms. The van der Waals surface area contributed by atoms with Crippen LogP contribution in [-0.4, -0.2) is 28.8 Å². The van der Waals surface area contributed by atoms with Gasteiger partial charge < -0.3 is 4.57 Å². The molecule has 5 nitrogen and oxygen atoms in total. The third-order valence-electron chi connectivity index (χ3n) is 3.55. The van der Waals surface area contributed by atoms with Crippen LogP contribution < -0.4 is 4.72 Å². The van der Waals surface area contributed by atoms with Gasteiger partial charge in [0.1, 0.15) is 5.82 Å². The first-order chi connectivity index (χ1) is 8.92. The number of sulfonamides is 1. The molecule has 0 atom stereocenters. The Bertz CT molecular complexity index is 533. The Labute approximate surface area is 123 Å². The molecule has 1 aliphatic rings. The van der Waals surface area contributed by atoms with E-state index in [1.54, 1.807) is 6.20 Å². The lowest BCUT2D eigenvalue weighted by Gasteiger charge is -2.25. The minimum atomic E-state index is -3.49. The molecule has 0 amide bonds. The molecule has 1 heterocycles. The highest BCUT2D eigenvalue weighted by Crippen LogP contribution is 2.25. The average molecular weight is 350 g/mol. The zero-order valence-corrected chi connectivity index (χ0v) is 13.7. The molecule has 0 saturated heterocycles. The van der Waals surface area contributed by atoms with Gasteiger partial charge in [-0.2, -0.15) is 0 Å². The second kappa shape index (κ2) is 5.93. The lowest BCUT2D eigenvalue weighted by Crippen LogP contribution is -2.37. The van der Waals surface area contributed by atoms with Gasteiger partial charge in [-0.05, 0) is 39.5 Å². The van der Waals surface area contributed by atoms with Gasteiger partial charge in [-0.1, -0.05) is 15.9 Å². The third kappa shape index (κ3) is 3.58. The summed E-state index contributed by atoms with van der Waals surface area (Å²) in [5.74, 6) is 0.729. The van der Waals surface area contributed by atoms with E-state index < -0.39 is 10.0 Å². The van der Waals surface area contributed by atoms with Crippen molar-refractivity contribution >= 4 is 26.0 Å². The molecule has 1 saturated carbocycles. The molecular formula is C12H20BrN3O2S. The number of aromatic nitrogens is 2. The average Bonchev–Trinajstić information content (AvgIpc) is 2.74. The summed E-state index contributed by atoms with van der Waals surface area (Å²) in [7, 11) is -3.49. The quantitative estimate of drug-likeness (QED) is 0.847. The van der Waals surface area contributed by atoms with Crippen molar-refractivity contribution < 1.29 is 8.42 Å². The summed E-state index contributed by atoms with van der Waals surface area (Å²) in [6.07, 6.45) is 5.38. The number of alkyl halides is 1. The van der Waals surface area contributed by atoms with E-state index in [9.17, 15) is 8.42 Å². The highest BCUT2D eigenvalue weighted by Gasteiger charge is 2.26. The van der Waals surface area contributed by atoms with Gasteiger partial charge in [0.25, 0.3) is 10.0 Å². The number of nitrogens with zero attached hydrogens (tertiary/aromatic N) is 2. The predicted octanol–water partition coefficient (Wildman–Crippen LogP) is 2.20. The van der Waals surface area contributed by atoms with Crippen molar-refractivity contribution in [1.29, 1.82) is 0 Å². The molecule has 1 aromatic heterocycles. The van der Waals surface area contributed by atoms with Crippen molar-refractivity contribution in [1.82, 2.24) is 14.3 Å². The Kier molecular flexibility index (Phi) is 4.68. The summed E-state index contributed by atoms with van der Waals surface area (Å²) in [6, 6.07) is 0.0332. The number of aryl methyl sites for hydroxylation is 2. The smallest absolute Gasteiger partial charge is 0.259 e. The van der Waals surface area contributed by atoms with Gasteiger partial charge in [0.05, 0.1) is 0 Å². The van der Waals surface area contributed by atoms with E-state index in [0.717, 1.165) is 38.1 Å². The fourth-order valence-corrected chi connectivity index (χ4v) is 4.22. The summed E-state index contributed by atoms with van der Waals surface area (Å²) < 4.78 is 29.1. The largest absolute Gasteiger partial charge is 0.334 e. The normalized spacial score (nSPS) is 24.6. The van der Waals surface area contributed by atoms with Crippen molar-refractivity contribution in [3.8, 4) is 0 Å². The van der Waals surface area contributed by atoms with Crippen molar-refractivity contribution in [2.75, 3.05) is 0 Å². The monoisotopic (exact) mass is 349 g/mol. The zero-order chi connectivity index (χ0) is 14.0. The lowest BCUT2D eigenvalue weighted by molar-refractivity contribution is 0.422. The number of hydrogen-bond donors (Lipinski definition) is 1. The van der Waals surface area contributed by atoms with Crippen LogP contribution in [0, 0.1) is 6.92 Å². The number of rotatable bonds is 4. The molecule has 7 heteroatoms. The number of hydrogen-bond acceptors (Lipinski definition) is 3. The Morgan fingerprint density at radius 3 is 2.58 bits per heavy atom. The highest BCUT2D eigenvalue weighted by molar-refractivity contribution is 9.09. The van der Waals surface area contributed by atoms with Crippen molar-refractivity contribution in [3.05, 3.63) is 12.0 Å². The summed E-state index contributed by atoms with van der Waals surface area (Å²) in [4.78, 5) is 4.66. The first-order valence-electron chi connectivity index (χ1n) is 6.62. The van der Waals surface area contributed by atoms with Crippen LogP contribution in [0.25, 0.3) is 0 Å². The van der Waals surface area contributed by atoms with Gasteiger partial charge in [0, 0.05) is 23.6 Å². The Hall–Kier alpha value is -0.400. The maximum Gasteiger partial charge on any atom is 0.259 e. The lowest BCUT2D eigenvalue weighted by atomic mass is 9.96. The summed E-state index contributed by atoms with van der Waals surface area (Å²) in [6.45, 7) is 4.51. The fraction of sp³-hybridized carbons (Fsp3) is 0.750. The number of halogens is 1. The van der Waals surface area contributed by atoms with E-state index in [1.165, 1.54) is 0 Å². The first kappa shape index (κ1) is 15.0. The van der Waals surface area contributed by atoms with Crippen LogP contribution in [0.5, 0.6) is 0 Å². The molecular weight excluding hydrogens is 330 g/mol. The molecule has 108 valence electrons. The second-order valence-corrected chi connectivity index (χ2v) is 7.94. The standard InChI is InChI=1S/C12H20BrN3O2S/c1-3-16-8-12(14-9(16)2)19(17,18)15-11-6-4-10(13)5-7-11/h8,10-11,15H,3-7H2,1-2H3. The van der Waals surface area contributed by atoms with Gasteiger partial charge in [0.15, 0.2) is 5.03 Å². The molecule has 1 aromatic rings. The van der Waals surface area contributed by atoms with Gasteiger partial charge in [-0.15, -0.1) is 0 Å². The Balaban J connectivity index is 2.09. The SMILES string of the molecule is CCn1cc(S(=O)(=O)NC2CCC(Br)CC2)nc1C. The van der Waals surface area contributed by atoms with E-state index in [0.29, 0.717) is 4.83 Å². The Morgan fingerprint density at radius 2 is 2.05 bits per heavy atom. The maximum absolute atomic E-state index is 12.3. The molecule has 1 fully saturated rings. The van der Waals surface area contributed by atoms with E-state index in [2.05, 4.69) is 25.6 Å². The first-order valence-corrected chi connectivity index (χ1v) is 9.02. The maximum atomic E-state index is 12.3. The van der Waals surface area contributed by atoms with Gasteiger partial charge >= 0.3 is 0 Å². The topological polar surface area (TPSA) is 64.0 Å². The number of nitrogens with one attached hydrogen (secondary N) is 1. The zero-order valence-electron chi connectivity index (χ0n) is 11.3. The second-order valence-electron chi connectivity index (χ2n) is 4.98. The molecule has 1 aliphatic carbocycles. The molecule has 0 aliphatic heterocycles. The van der Waals surface area contributed by atoms with Crippen molar-refractivity contribution in [2.45, 2.75) is 62.0 Å². The van der Waals surface area contributed by atoms with Crippen LogP contribution in [0.3, 0.4) is 0 Å². The molecule has 0 bridgehead atoms. The summed E-state index contributed by atoms with van der Waals surface area (Å²) in [5, 5.41) is 0.132. The highest BCUT2D eigenvalue weighted by atomic mass is 79.9. The van der Waals surface area contributed by atoms with E-state index in [1.807, 2.05) is 18.4 Å². The van der Waals surface area contributed by atoms with Crippen molar-refractivity contribution in [2.24, 2.45) is 0 Å². The van der Waals surface area contributed by atoms with Crippen LogP contribution in [0.15, 0.2) is 11.2 Å². The van der Waals surface area contributed by atoms with Crippen LogP contribution in [0.4, 0.5) is 0 Å². The number of imidazole rings is 1. The van der Waals surface area contributed by atoms with Gasteiger partial charge in [0.2, 0.25) is 0 Å². The molecule has 0 unspecified atom stereocenters. The predicted molar refractivity (Wildman–Crippen MR) is 77.9 cm³/mol. The fourth-order valence-electron chi connectivity index (χ4n) is 2.38. The summed E-state index contributed by atoms with van der Waals surface area (Å²) >= 11 is 3.57. The molecule has 0 radical (unpaired) electrons. The van der Waals surface area contributed by atoms with Crippen LogP contribution in [-0.2, 0) is 16.6 Å². The minimum absolute atomic E-state index is 0.0332.